The third-order valence-electron chi connectivity index (χ3n) is 5.66. The van der Waals surface area contributed by atoms with Crippen molar-refractivity contribution < 1.29 is 9.18 Å². The Morgan fingerprint density at radius 3 is 2.52 bits per heavy atom. The minimum atomic E-state index is -0.365. The Morgan fingerprint density at radius 2 is 1.88 bits per heavy atom. The fourth-order valence-electron chi connectivity index (χ4n) is 3.86. The number of amides is 1. The van der Waals surface area contributed by atoms with Crippen LogP contribution in [-0.4, -0.2) is 38.8 Å². The van der Waals surface area contributed by atoms with Gasteiger partial charge in [0.05, 0.1) is 11.3 Å². The van der Waals surface area contributed by atoms with Gasteiger partial charge in [-0.05, 0) is 31.5 Å². The molecular formula is C24H28FN5OP2. The van der Waals surface area contributed by atoms with Gasteiger partial charge in [0, 0.05) is 53.6 Å². The Kier molecular flexibility index (Phi) is 6.74. The van der Waals surface area contributed by atoms with Crippen molar-refractivity contribution in [2.24, 2.45) is 0 Å². The van der Waals surface area contributed by atoms with E-state index < -0.39 is 0 Å². The largest absolute Gasteiger partial charge is 0.354 e. The average molecular weight is 483 g/mol. The van der Waals surface area contributed by atoms with Crippen LogP contribution in [0.2, 0.25) is 0 Å². The summed E-state index contributed by atoms with van der Waals surface area (Å²) in [5, 5.41) is 2.99. The fourth-order valence-corrected chi connectivity index (χ4v) is 4.56. The molecule has 1 fully saturated rings. The van der Waals surface area contributed by atoms with Gasteiger partial charge in [-0.15, -0.1) is 18.5 Å². The molecule has 3 heterocycles. The first-order valence-corrected chi connectivity index (χ1v) is 12.0. The molecule has 2 atom stereocenters. The fraction of sp³-hybridized carbons (Fsp3) is 0.333. The Hall–Kier alpha value is -2.49. The first-order valence-electron chi connectivity index (χ1n) is 10.9. The van der Waals surface area contributed by atoms with Crippen LogP contribution in [0.5, 0.6) is 0 Å². The van der Waals surface area contributed by atoms with E-state index in [1.807, 2.05) is 20.8 Å². The summed E-state index contributed by atoms with van der Waals surface area (Å²) < 4.78 is 14.9. The van der Waals surface area contributed by atoms with Gasteiger partial charge in [-0.1, -0.05) is 25.5 Å². The second-order valence-electron chi connectivity index (χ2n) is 8.88. The lowest BCUT2D eigenvalue weighted by Crippen LogP contribution is -2.26. The molecule has 0 radical (unpaired) electrons. The van der Waals surface area contributed by atoms with Crippen molar-refractivity contribution in [2.45, 2.75) is 38.0 Å². The summed E-state index contributed by atoms with van der Waals surface area (Å²) >= 11 is 0. The molecule has 1 aromatic carbocycles. The highest BCUT2D eigenvalue weighted by atomic mass is 31.1. The molecule has 1 saturated heterocycles. The standard InChI is InChI=1S/C24H28FN5OP2/c1-14(2)21-27-11-16(12-28-21)23(31)29-20-17(18-10-15(3)4-5-19(18)25)6-8-26-22(20)30-9-7-24(32,33)13-30/h4-6,8,10-12,14H,7,9,13,32-33H2,1-3H3,(H,29,31). The second kappa shape index (κ2) is 9.40. The Balaban J connectivity index is 1.78. The number of nitrogens with one attached hydrogen (secondary N) is 1. The molecule has 6 nitrogen and oxygen atoms in total. The first-order chi connectivity index (χ1) is 15.6. The van der Waals surface area contributed by atoms with Crippen molar-refractivity contribution in [3.8, 4) is 11.1 Å². The number of benzene rings is 1. The highest BCUT2D eigenvalue weighted by Gasteiger charge is 2.32. The number of anilines is 2. The van der Waals surface area contributed by atoms with Gasteiger partial charge in [0.2, 0.25) is 0 Å². The predicted octanol–water partition coefficient (Wildman–Crippen LogP) is 5.02. The molecule has 172 valence electrons. The number of rotatable bonds is 5. The van der Waals surface area contributed by atoms with Crippen LogP contribution in [0.3, 0.4) is 0 Å². The molecule has 0 bridgehead atoms. The van der Waals surface area contributed by atoms with E-state index in [0.717, 1.165) is 25.1 Å². The number of aryl methyl sites for hydroxylation is 1. The molecule has 2 unspecified atom stereocenters. The van der Waals surface area contributed by atoms with Crippen LogP contribution in [0.25, 0.3) is 11.1 Å². The van der Waals surface area contributed by atoms with E-state index in [9.17, 15) is 9.18 Å². The van der Waals surface area contributed by atoms with Crippen molar-refractivity contribution in [1.29, 1.82) is 0 Å². The Bertz CT molecular complexity index is 1180. The Labute approximate surface area is 198 Å². The zero-order valence-corrected chi connectivity index (χ0v) is 21.3. The van der Waals surface area contributed by atoms with E-state index >= 15 is 0 Å². The number of hydrogen-bond acceptors (Lipinski definition) is 5. The third kappa shape index (κ3) is 5.20. The lowest BCUT2D eigenvalue weighted by Gasteiger charge is -2.24. The number of pyridine rings is 1. The third-order valence-corrected chi connectivity index (χ3v) is 6.61. The van der Waals surface area contributed by atoms with E-state index in [-0.39, 0.29) is 22.5 Å². The maximum atomic E-state index is 14.9. The van der Waals surface area contributed by atoms with E-state index in [1.165, 1.54) is 18.5 Å². The summed E-state index contributed by atoms with van der Waals surface area (Å²) in [6.07, 6.45) is 5.64. The SMILES string of the molecule is Cc1ccc(F)c(-c2ccnc(N3CCC(P)(P)C3)c2NC(=O)c2cnc(C(C)C)nc2)c1. The molecule has 0 aliphatic carbocycles. The maximum absolute atomic E-state index is 14.9. The maximum Gasteiger partial charge on any atom is 0.258 e. The minimum absolute atomic E-state index is 0.0337. The molecule has 33 heavy (non-hydrogen) atoms. The van der Waals surface area contributed by atoms with Crippen molar-refractivity contribution in [3.05, 3.63) is 65.6 Å². The summed E-state index contributed by atoms with van der Waals surface area (Å²) in [7, 11) is 5.73. The average Bonchev–Trinajstić information content (AvgIpc) is 3.15. The monoisotopic (exact) mass is 483 g/mol. The van der Waals surface area contributed by atoms with Gasteiger partial charge in [-0.2, -0.15) is 0 Å². The summed E-state index contributed by atoms with van der Waals surface area (Å²) in [6.45, 7) is 7.40. The number of hydrogen-bond donors (Lipinski definition) is 1. The highest BCUT2D eigenvalue weighted by Crippen LogP contribution is 2.43. The minimum Gasteiger partial charge on any atom is -0.354 e. The van der Waals surface area contributed by atoms with E-state index in [1.54, 1.807) is 24.4 Å². The van der Waals surface area contributed by atoms with Crippen LogP contribution >= 0.6 is 18.5 Å². The molecular weight excluding hydrogens is 455 g/mol. The molecule has 4 rings (SSSR count). The smallest absolute Gasteiger partial charge is 0.258 e. The van der Waals surface area contributed by atoms with Crippen molar-refractivity contribution >= 4 is 35.9 Å². The molecule has 9 heteroatoms. The van der Waals surface area contributed by atoms with Crippen LogP contribution in [0.4, 0.5) is 15.9 Å². The van der Waals surface area contributed by atoms with Crippen LogP contribution in [0.1, 0.15) is 47.9 Å². The van der Waals surface area contributed by atoms with Crippen molar-refractivity contribution in [1.82, 2.24) is 15.0 Å². The summed E-state index contributed by atoms with van der Waals surface area (Å²) in [5.74, 6) is 0.734. The topological polar surface area (TPSA) is 71.0 Å². The summed E-state index contributed by atoms with van der Waals surface area (Å²) in [5.41, 5.74) is 2.74. The number of carbonyl (C=O) groups is 1. The summed E-state index contributed by atoms with van der Waals surface area (Å²) in [4.78, 5) is 28.5. The summed E-state index contributed by atoms with van der Waals surface area (Å²) in [6, 6.07) is 6.69. The van der Waals surface area contributed by atoms with Crippen molar-refractivity contribution in [2.75, 3.05) is 23.3 Å². The van der Waals surface area contributed by atoms with E-state index in [2.05, 4.69) is 43.6 Å². The van der Waals surface area contributed by atoms with Crippen LogP contribution in [0.15, 0.2) is 42.9 Å². The molecule has 1 aliphatic heterocycles. The first kappa shape index (κ1) is 23.7. The normalized spacial score (nSPS) is 15.2. The van der Waals surface area contributed by atoms with Gasteiger partial charge in [-0.25, -0.2) is 19.3 Å². The zero-order valence-electron chi connectivity index (χ0n) is 19.0. The van der Waals surface area contributed by atoms with Crippen LogP contribution in [-0.2, 0) is 0 Å². The number of nitrogens with zero attached hydrogens (tertiary/aromatic N) is 4. The molecule has 0 saturated carbocycles. The van der Waals surface area contributed by atoms with Crippen LogP contribution in [0, 0.1) is 12.7 Å². The van der Waals surface area contributed by atoms with Gasteiger partial charge in [-0.3, -0.25) is 4.79 Å². The van der Waals surface area contributed by atoms with Gasteiger partial charge in [0.25, 0.3) is 5.91 Å². The lowest BCUT2D eigenvalue weighted by molar-refractivity contribution is 0.102. The number of halogens is 1. The Morgan fingerprint density at radius 1 is 1.15 bits per heavy atom. The van der Waals surface area contributed by atoms with Crippen LogP contribution < -0.4 is 10.2 Å². The molecule has 2 aromatic heterocycles. The van der Waals surface area contributed by atoms with E-state index in [0.29, 0.717) is 34.0 Å². The number of aromatic nitrogens is 3. The molecule has 3 aromatic rings. The van der Waals surface area contributed by atoms with Gasteiger partial charge in [0.15, 0.2) is 5.82 Å². The molecule has 0 spiro atoms. The highest BCUT2D eigenvalue weighted by molar-refractivity contribution is 7.40. The number of carbonyl (C=O) groups excluding carboxylic acids is 1. The van der Waals surface area contributed by atoms with Gasteiger partial charge in [0.1, 0.15) is 11.6 Å². The van der Waals surface area contributed by atoms with E-state index in [4.69, 9.17) is 0 Å². The molecule has 1 aliphatic rings. The predicted molar refractivity (Wildman–Crippen MR) is 137 cm³/mol. The van der Waals surface area contributed by atoms with Gasteiger partial charge >= 0.3 is 0 Å². The second-order valence-corrected chi connectivity index (χ2v) is 11.9. The van der Waals surface area contributed by atoms with Gasteiger partial charge < -0.3 is 10.2 Å². The molecule has 1 N–H and O–H groups in total. The quantitative estimate of drug-likeness (QED) is 0.516. The molecule has 1 amide bonds. The zero-order chi connectivity index (χ0) is 23.8. The lowest BCUT2D eigenvalue weighted by atomic mass is 10.0. The van der Waals surface area contributed by atoms with Crippen molar-refractivity contribution in [3.63, 3.8) is 0 Å².